The van der Waals surface area contributed by atoms with E-state index in [1.165, 1.54) is 0 Å². The quantitative estimate of drug-likeness (QED) is 0.475. The van der Waals surface area contributed by atoms with Crippen LogP contribution in [0.4, 0.5) is 0 Å². The van der Waals surface area contributed by atoms with Gasteiger partial charge >= 0.3 is 0 Å². The lowest BCUT2D eigenvalue weighted by Gasteiger charge is -2.11. The molecule has 9 nitrogen and oxygen atoms in total. The van der Waals surface area contributed by atoms with Crippen molar-refractivity contribution in [3.8, 4) is 16.9 Å². The number of nitrogens with zero attached hydrogens (tertiary/aromatic N) is 6. The molecule has 0 unspecified atom stereocenters. The van der Waals surface area contributed by atoms with Gasteiger partial charge in [-0.05, 0) is 30.7 Å². The number of hydrogen-bond acceptors (Lipinski definition) is 6. The third-order valence-corrected chi connectivity index (χ3v) is 5.04. The Hall–Kier alpha value is -4.27. The fourth-order valence-electron chi connectivity index (χ4n) is 3.54. The molecule has 0 radical (unpaired) electrons. The van der Waals surface area contributed by atoms with Crippen LogP contribution in [0.3, 0.4) is 0 Å². The van der Waals surface area contributed by atoms with Crippen LogP contribution in [0.25, 0.3) is 28.0 Å². The zero-order valence-electron chi connectivity index (χ0n) is 17.0. The van der Waals surface area contributed by atoms with Gasteiger partial charge < -0.3 is 9.84 Å². The monoisotopic (exact) mass is 413 g/mol. The van der Waals surface area contributed by atoms with Crippen molar-refractivity contribution in [3.63, 3.8) is 0 Å². The van der Waals surface area contributed by atoms with Gasteiger partial charge in [0, 0.05) is 37.7 Å². The van der Waals surface area contributed by atoms with Crippen molar-refractivity contribution in [1.82, 2.24) is 35.0 Å². The van der Waals surface area contributed by atoms with Gasteiger partial charge in [-0.2, -0.15) is 10.2 Å². The zero-order chi connectivity index (χ0) is 21.4. The highest BCUT2D eigenvalue weighted by Crippen LogP contribution is 2.27. The van der Waals surface area contributed by atoms with Gasteiger partial charge in [0.25, 0.3) is 11.6 Å². The highest BCUT2D eigenvalue weighted by molar-refractivity contribution is 6.06. The fraction of sp³-hybridized carbons (Fsp3) is 0.136. The van der Waals surface area contributed by atoms with E-state index in [-0.39, 0.29) is 5.91 Å². The Morgan fingerprint density at radius 2 is 2.06 bits per heavy atom. The standard InChI is InChI=1S/C22H19N7O2/c1-14-20-17(10-18(26-22(20)31-27-14)16-12-25-28(2)13-16)21(30)23-11-15-6-3-4-7-19(15)29-9-5-8-24-29/h3-10,12-13H,11H2,1-2H3,(H,23,30). The molecule has 0 fully saturated rings. The lowest BCUT2D eigenvalue weighted by atomic mass is 10.1. The van der Waals surface area contributed by atoms with Crippen LogP contribution in [0.15, 0.2) is 65.7 Å². The average molecular weight is 413 g/mol. The molecule has 31 heavy (non-hydrogen) atoms. The maximum absolute atomic E-state index is 13.2. The molecule has 154 valence electrons. The average Bonchev–Trinajstić information content (AvgIpc) is 3.54. The zero-order valence-corrected chi connectivity index (χ0v) is 17.0. The van der Waals surface area contributed by atoms with Gasteiger partial charge in [-0.15, -0.1) is 0 Å². The third kappa shape index (κ3) is 3.46. The van der Waals surface area contributed by atoms with Gasteiger partial charge in [-0.25, -0.2) is 9.67 Å². The number of carbonyl (C=O) groups excluding carboxylic acids is 1. The van der Waals surface area contributed by atoms with Crippen LogP contribution in [-0.2, 0) is 13.6 Å². The van der Waals surface area contributed by atoms with Gasteiger partial charge in [-0.3, -0.25) is 9.48 Å². The van der Waals surface area contributed by atoms with E-state index in [9.17, 15) is 4.79 Å². The summed E-state index contributed by atoms with van der Waals surface area (Å²) in [6, 6.07) is 11.4. The van der Waals surface area contributed by atoms with Crippen molar-refractivity contribution in [2.75, 3.05) is 0 Å². The summed E-state index contributed by atoms with van der Waals surface area (Å²) in [5.41, 5.74) is 4.63. The molecule has 5 aromatic rings. The van der Waals surface area contributed by atoms with Crippen molar-refractivity contribution < 1.29 is 9.32 Å². The molecule has 4 aromatic heterocycles. The van der Waals surface area contributed by atoms with Crippen LogP contribution in [0.1, 0.15) is 21.6 Å². The van der Waals surface area contributed by atoms with Crippen LogP contribution in [0, 0.1) is 6.92 Å². The maximum atomic E-state index is 13.2. The second-order valence-corrected chi connectivity index (χ2v) is 7.17. The maximum Gasteiger partial charge on any atom is 0.259 e. The molecule has 0 aliphatic rings. The molecule has 0 saturated heterocycles. The van der Waals surface area contributed by atoms with Crippen molar-refractivity contribution in [3.05, 3.63) is 78.0 Å². The second-order valence-electron chi connectivity index (χ2n) is 7.17. The highest BCUT2D eigenvalue weighted by Gasteiger charge is 2.20. The van der Waals surface area contributed by atoms with Gasteiger partial charge in [-0.1, -0.05) is 23.4 Å². The molecular weight excluding hydrogens is 394 g/mol. The molecule has 0 spiro atoms. The summed E-state index contributed by atoms with van der Waals surface area (Å²) >= 11 is 0. The molecule has 1 N–H and O–H groups in total. The number of fused-ring (bicyclic) bond motifs is 1. The smallest absolute Gasteiger partial charge is 0.259 e. The number of benzene rings is 1. The van der Waals surface area contributed by atoms with Crippen molar-refractivity contribution in [2.45, 2.75) is 13.5 Å². The normalized spacial score (nSPS) is 11.2. The number of hydrogen-bond donors (Lipinski definition) is 1. The Balaban J connectivity index is 1.49. The molecule has 0 atom stereocenters. The predicted molar refractivity (Wildman–Crippen MR) is 113 cm³/mol. The van der Waals surface area contributed by atoms with Crippen LogP contribution < -0.4 is 5.32 Å². The van der Waals surface area contributed by atoms with Gasteiger partial charge in [0.05, 0.1) is 34.2 Å². The Morgan fingerprint density at radius 1 is 1.19 bits per heavy atom. The second kappa shape index (κ2) is 7.52. The minimum absolute atomic E-state index is 0.237. The number of aromatic nitrogens is 6. The number of aryl methyl sites for hydroxylation is 2. The summed E-state index contributed by atoms with van der Waals surface area (Å²) in [6.07, 6.45) is 7.12. The number of amides is 1. The Bertz CT molecular complexity index is 1380. The molecule has 1 amide bonds. The SMILES string of the molecule is Cc1noc2nc(-c3cnn(C)c3)cc(C(=O)NCc3ccccc3-n3cccn3)c12. The molecule has 5 rings (SSSR count). The fourth-order valence-corrected chi connectivity index (χ4v) is 3.54. The van der Waals surface area contributed by atoms with Crippen LogP contribution >= 0.6 is 0 Å². The van der Waals surface area contributed by atoms with Crippen molar-refractivity contribution >= 4 is 17.0 Å². The van der Waals surface area contributed by atoms with E-state index in [4.69, 9.17) is 4.52 Å². The van der Waals surface area contributed by atoms with Crippen LogP contribution in [-0.4, -0.2) is 35.6 Å². The van der Waals surface area contributed by atoms with E-state index in [2.05, 4.69) is 25.7 Å². The third-order valence-electron chi connectivity index (χ3n) is 5.04. The molecular formula is C22H19N7O2. The summed E-state index contributed by atoms with van der Waals surface area (Å²) in [5.74, 6) is -0.237. The van der Waals surface area contributed by atoms with Gasteiger partial charge in [0.2, 0.25) is 0 Å². The van der Waals surface area contributed by atoms with E-state index in [0.29, 0.717) is 34.6 Å². The topological polar surface area (TPSA) is 104 Å². The number of pyridine rings is 1. The predicted octanol–water partition coefficient (Wildman–Crippen LogP) is 3.05. The van der Waals surface area contributed by atoms with E-state index >= 15 is 0 Å². The summed E-state index contributed by atoms with van der Waals surface area (Å²) < 4.78 is 8.81. The van der Waals surface area contributed by atoms with E-state index < -0.39 is 0 Å². The molecule has 0 aliphatic heterocycles. The number of nitrogens with one attached hydrogen (secondary N) is 1. The van der Waals surface area contributed by atoms with Gasteiger partial charge in [0.15, 0.2) is 0 Å². The summed E-state index contributed by atoms with van der Waals surface area (Å²) in [6.45, 7) is 2.13. The first kappa shape index (κ1) is 18.7. The molecule has 9 heteroatoms. The Kier molecular flexibility index (Phi) is 4.55. The Labute approximate surface area is 177 Å². The van der Waals surface area contributed by atoms with E-state index in [0.717, 1.165) is 16.8 Å². The molecule has 0 bridgehead atoms. The first-order valence-electron chi connectivity index (χ1n) is 9.72. The molecule has 1 aromatic carbocycles. The first-order valence-corrected chi connectivity index (χ1v) is 9.72. The van der Waals surface area contributed by atoms with Crippen LogP contribution in [0.2, 0.25) is 0 Å². The largest absolute Gasteiger partial charge is 0.348 e. The van der Waals surface area contributed by atoms with E-state index in [1.54, 1.807) is 34.7 Å². The number of carbonyl (C=O) groups is 1. The lowest BCUT2D eigenvalue weighted by Crippen LogP contribution is -2.24. The lowest BCUT2D eigenvalue weighted by molar-refractivity contribution is 0.0952. The molecule has 0 aliphatic carbocycles. The van der Waals surface area contributed by atoms with Crippen molar-refractivity contribution in [2.24, 2.45) is 7.05 Å². The summed E-state index contributed by atoms with van der Waals surface area (Å²) in [7, 11) is 1.82. The molecule has 4 heterocycles. The number of rotatable bonds is 5. The van der Waals surface area contributed by atoms with Gasteiger partial charge in [0.1, 0.15) is 0 Å². The number of para-hydroxylation sites is 1. The highest BCUT2D eigenvalue weighted by atomic mass is 16.5. The van der Waals surface area contributed by atoms with Crippen molar-refractivity contribution in [1.29, 1.82) is 0 Å². The summed E-state index contributed by atoms with van der Waals surface area (Å²) in [5, 5.41) is 16.1. The first-order chi connectivity index (χ1) is 15.1. The Morgan fingerprint density at radius 3 is 2.84 bits per heavy atom. The molecule has 0 saturated carbocycles. The van der Waals surface area contributed by atoms with Crippen LogP contribution in [0.5, 0.6) is 0 Å². The summed E-state index contributed by atoms with van der Waals surface area (Å²) in [4.78, 5) is 17.7. The minimum Gasteiger partial charge on any atom is -0.348 e. The van der Waals surface area contributed by atoms with E-state index in [1.807, 2.05) is 49.8 Å². The minimum atomic E-state index is -0.237.